The van der Waals surface area contributed by atoms with Gasteiger partial charge in [-0.1, -0.05) is 181 Å². The fourth-order valence-corrected chi connectivity index (χ4v) is 15.9. The maximum absolute atomic E-state index is 13.1. The molecule has 24 heteroatoms. The van der Waals surface area contributed by atoms with Gasteiger partial charge in [0, 0.05) is 11.8 Å². The second-order valence-corrected chi connectivity index (χ2v) is 30.4. The molecule has 6 aromatic carbocycles. The number of ether oxygens (including phenoxy) is 2. The van der Waals surface area contributed by atoms with Crippen LogP contribution in [0.2, 0.25) is 0 Å². The van der Waals surface area contributed by atoms with Gasteiger partial charge < -0.3 is 18.6 Å². The summed E-state index contributed by atoms with van der Waals surface area (Å²) in [6, 6.07) is 60.5. The van der Waals surface area contributed by atoms with Crippen LogP contribution in [0.5, 0.6) is 0 Å². The zero-order valence-corrected chi connectivity index (χ0v) is 56.3. The Morgan fingerprint density at radius 3 is 0.871 bits per heavy atom. The molecule has 0 radical (unpaired) electrons. The third-order valence-electron chi connectivity index (χ3n) is 18.6. The number of carbonyl (C=O) groups is 2. The molecule has 0 unspecified atom stereocenters. The largest absolute Gasteiger partial charge is 1.00 e. The number of carbonyl (C=O) groups excluding carboxylic acids is 2. The zero-order chi connectivity index (χ0) is 66.9. The Balaban J connectivity index is 0.000000168. The summed E-state index contributed by atoms with van der Waals surface area (Å²) in [5, 5.41) is -9.02. The molecule has 0 atom stereocenters. The van der Waals surface area contributed by atoms with Crippen molar-refractivity contribution in [1.82, 2.24) is 0 Å². The molecule has 498 valence electrons. The first kappa shape index (κ1) is 74.9. The molecule has 8 bridgehead atoms. The number of aryl methyl sites for hydroxylation is 2. The van der Waals surface area contributed by atoms with Crippen LogP contribution in [0.15, 0.2) is 170 Å². The first-order valence-corrected chi connectivity index (χ1v) is 34.7. The van der Waals surface area contributed by atoms with Crippen LogP contribution in [0, 0.1) is 60.2 Å². The quantitative estimate of drug-likeness (QED) is 0.0238. The Bertz CT molecular complexity index is 3380. The summed E-state index contributed by atoms with van der Waals surface area (Å²) in [5.41, 5.74) is 4.65. The average Bonchev–Trinajstić information content (AvgIpc) is 0.758. The van der Waals surface area contributed by atoms with Crippen LogP contribution in [0.1, 0.15) is 146 Å². The Morgan fingerprint density at radius 2 is 0.656 bits per heavy atom. The standard InChI is InChI=1S/2C20H18.2C14H20F2O5S.CHF3O3S.Na/c2*1-16-12-14-19(15-13-16)20(17-8-4-2-5-9-17)18-10-6-3-7-11-18;2*15-14(16,22(18,19)20)8-21-12(17)7-13-4-9-1-10(5-13)3-11(2-9)6-13;2-1(3,4)8(5,6)7;/h2*2-15,20H,1H3;2*9-11H,1-8H2,(H,18,19,20);(H,5,6,7);/q;;;;;+1/p-2. The van der Waals surface area contributed by atoms with Crippen molar-refractivity contribution < 1.29 is 118 Å². The van der Waals surface area contributed by atoms with Crippen molar-refractivity contribution in [1.29, 1.82) is 0 Å². The second-order valence-electron chi connectivity index (χ2n) is 25.9. The average molecular weight is 1360 g/mol. The molecule has 0 spiro atoms. The fourth-order valence-electron chi connectivity index (χ4n) is 15.5. The Hall–Kier alpha value is -5.50. The zero-order valence-electron chi connectivity index (χ0n) is 51.8. The van der Waals surface area contributed by atoms with Crippen molar-refractivity contribution in [2.75, 3.05) is 13.2 Å². The summed E-state index contributed by atoms with van der Waals surface area (Å²) in [7, 11) is -17.5. The van der Waals surface area contributed by atoms with Gasteiger partial charge in [-0.3, -0.25) is 14.1 Å². The van der Waals surface area contributed by atoms with E-state index in [9.17, 15) is 61.7 Å². The fraction of sp³-hybridized carbons (Fsp3) is 0.449. The summed E-state index contributed by atoms with van der Waals surface area (Å²) in [5.74, 6) is 2.69. The molecule has 0 aliphatic heterocycles. The van der Waals surface area contributed by atoms with E-state index < -0.39 is 71.5 Å². The normalized spacial score (nSPS) is 23.5. The maximum atomic E-state index is 13.1. The Labute approximate surface area is 562 Å². The van der Waals surface area contributed by atoms with Crippen LogP contribution < -0.4 is 29.6 Å². The molecular formula is C69H75F7NaO13S3-. The van der Waals surface area contributed by atoms with Gasteiger partial charge in [-0.15, -0.1) is 0 Å². The summed E-state index contributed by atoms with van der Waals surface area (Å²) < 4.78 is 180. The molecule has 8 fully saturated rings. The molecule has 0 aromatic heterocycles. The van der Waals surface area contributed by atoms with E-state index in [0.29, 0.717) is 47.3 Å². The number of hydrogen-bond donors (Lipinski definition) is 1. The molecule has 13 nitrogen and oxygen atoms in total. The summed E-state index contributed by atoms with van der Waals surface area (Å²) in [4.78, 5) is 23.7. The third kappa shape index (κ3) is 20.5. The number of hydrogen-bond acceptors (Lipinski definition) is 12. The maximum Gasteiger partial charge on any atom is 1.00 e. The monoisotopic (exact) mass is 1360 g/mol. The molecule has 93 heavy (non-hydrogen) atoms. The van der Waals surface area contributed by atoms with Crippen LogP contribution in [-0.2, 0) is 49.4 Å². The van der Waals surface area contributed by atoms with Crippen molar-refractivity contribution in [2.45, 2.75) is 132 Å². The second kappa shape index (κ2) is 31.1. The van der Waals surface area contributed by atoms with E-state index in [2.05, 4.69) is 193 Å². The molecule has 8 aliphatic carbocycles. The van der Waals surface area contributed by atoms with E-state index in [1.165, 1.54) is 83.0 Å². The molecule has 0 heterocycles. The molecule has 8 aliphatic rings. The van der Waals surface area contributed by atoms with Gasteiger partial charge in [0.25, 0.3) is 0 Å². The number of rotatable bonds is 16. The minimum atomic E-state index is -6.09. The SMILES string of the molecule is Cc1ccc(C(c2ccccc2)c2ccccc2)cc1.Cc1ccc(C(c2ccccc2)c2ccccc2)cc1.O=C(CC12CC3CC(CC(C3)C1)C2)OCC(F)(F)S(=O)(=O)O.O=C(CC12CC3CC(CC(C3)C1)C2)OCC(F)(F)S(=O)(=O)[O-].O=S(=O)([O-])C(F)(F)F.[Na+]. The van der Waals surface area contributed by atoms with E-state index in [-0.39, 0.29) is 53.2 Å². The van der Waals surface area contributed by atoms with Gasteiger partial charge in [-0.25, -0.2) is 16.8 Å². The molecule has 8 saturated carbocycles. The molecule has 6 aromatic rings. The molecule has 1 N–H and O–H groups in total. The van der Waals surface area contributed by atoms with Crippen molar-refractivity contribution in [3.8, 4) is 0 Å². The first-order chi connectivity index (χ1) is 43.1. The van der Waals surface area contributed by atoms with Gasteiger partial charge in [0.05, 0.1) is 12.8 Å². The number of alkyl halides is 7. The summed E-state index contributed by atoms with van der Waals surface area (Å²) in [6.45, 7) is 0.939. The first-order valence-electron chi connectivity index (χ1n) is 30.5. The molecule has 14 rings (SSSR count). The number of esters is 2. The number of halogens is 7. The van der Waals surface area contributed by atoms with Crippen LogP contribution in [0.3, 0.4) is 0 Å². The van der Waals surface area contributed by atoms with Gasteiger partial charge >= 0.3 is 67.6 Å². The topological polar surface area (TPSA) is 221 Å². The molecular weight excluding hydrogens is 1290 g/mol. The van der Waals surface area contributed by atoms with Gasteiger partial charge in [0.1, 0.15) is 0 Å². The van der Waals surface area contributed by atoms with Gasteiger partial charge in [0.15, 0.2) is 33.5 Å². The van der Waals surface area contributed by atoms with Crippen molar-refractivity contribution in [2.24, 2.45) is 46.3 Å². The van der Waals surface area contributed by atoms with Gasteiger partial charge in [-0.05, 0) is 171 Å². The molecule has 0 saturated heterocycles. The van der Waals surface area contributed by atoms with E-state index >= 15 is 0 Å². The minimum absolute atomic E-state index is 0. The predicted molar refractivity (Wildman–Crippen MR) is 329 cm³/mol. The van der Waals surface area contributed by atoms with Crippen LogP contribution in [0.4, 0.5) is 30.7 Å². The van der Waals surface area contributed by atoms with Crippen molar-refractivity contribution >= 4 is 42.3 Å². The Morgan fingerprint density at radius 1 is 0.430 bits per heavy atom. The third-order valence-corrected chi connectivity index (χ3v) is 20.8. The van der Waals surface area contributed by atoms with E-state index in [4.69, 9.17) is 17.5 Å². The van der Waals surface area contributed by atoms with Crippen LogP contribution >= 0.6 is 0 Å². The molecule has 0 amide bonds. The predicted octanol–water partition coefficient (Wildman–Crippen LogP) is 12.3. The van der Waals surface area contributed by atoms with Gasteiger partial charge in [-0.2, -0.15) is 39.2 Å². The van der Waals surface area contributed by atoms with Crippen molar-refractivity contribution in [3.63, 3.8) is 0 Å². The smallest absolute Gasteiger partial charge is 0.743 e. The van der Waals surface area contributed by atoms with Crippen molar-refractivity contribution in [3.05, 3.63) is 214 Å². The van der Waals surface area contributed by atoms with Crippen LogP contribution in [-0.4, -0.2) is 80.1 Å². The van der Waals surface area contributed by atoms with E-state index in [1.54, 1.807) is 0 Å². The summed E-state index contributed by atoms with van der Waals surface area (Å²) >= 11 is 0. The number of benzene rings is 6. The summed E-state index contributed by atoms with van der Waals surface area (Å²) in [6.07, 6.45) is 12.9. The van der Waals surface area contributed by atoms with E-state index in [1.807, 2.05) is 0 Å². The minimum Gasteiger partial charge on any atom is -0.743 e. The van der Waals surface area contributed by atoms with Gasteiger partial charge in [0.2, 0.25) is 0 Å². The van der Waals surface area contributed by atoms with E-state index in [0.717, 1.165) is 38.5 Å². The van der Waals surface area contributed by atoms with Crippen LogP contribution in [0.25, 0.3) is 0 Å². The Kier molecular flexibility index (Phi) is 25.1.